The van der Waals surface area contributed by atoms with Gasteiger partial charge >= 0.3 is 6.09 Å². The van der Waals surface area contributed by atoms with Gasteiger partial charge in [-0.05, 0) is 31.5 Å². The van der Waals surface area contributed by atoms with Crippen LogP contribution >= 0.6 is 11.6 Å². The molecule has 8 nitrogen and oxygen atoms in total. The first kappa shape index (κ1) is 29.6. The van der Waals surface area contributed by atoms with Gasteiger partial charge in [0.15, 0.2) is 17.9 Å². The van der Waals surface area contributed by atoms with E-state index in [9.17, 15) is 19.2 Å². The van der Waals surface area contributed by atoms with Gasteiger partial charge in [0.25, 0.3) is 11.8 Å². The largest absolute Gasteiger partial charge is 0.491 e. The van der Waals surface area contributed by atoms with Crippen LogP contribution in [0.1, 0.15) is 86.0 Å². The standard InChI is InChI=1S/C27H39ClN2O6/c1-6-7-8-9-10-11-12-13-16-35-21-15-14-19(28)17-20(21)29-24(32)22(23(31)27(3,4)5)30-25(33)18(2)36-26(30)34/h14-15,17-18,22H,6-13,16H2,1-5H3,(H,29,32). The van der Waals surface area contributed by atoms with Crippen molar-refractivity contribution >= 4 is 41.0 Å². The van der Waals surface area contributed by atoms with E-state index in [2.05, 4.69) is 12.2 Å². The number of anilines is 1. The first-order valence-electron chi connectivity index (χ1n) is 12.8. The van der Waals surface area contributed by atoms with Gasteiger partial charge in [0.1, 0.15) is 5.75 Å². The summed E-state index contributed by atoms with van der Waals surface area (Å²) >= 11 is 6.15. The van der Waals surface area contributed by atoms with Crippen LogP contribution < -0.4 is 10.1 Å². The van der Waals surface area contributed by atoms with Crippen LogP contribution in [-0.4, -0.2) is 47.3 Å². The van der Waals surface area contributed by atoms with Crippen molar-refractivity contribution in [3.05, 3.63) is 23.2 Å². The number of ketones is 1. The quantitative estimate of drug-likeness (QED) is 0.232. The average molecular weight is 523 g/mol. The molecule has 1 aromatic rings. The minimum atomic E-state index is -1.69. The van der Waals surface area contributed by atoms with Gasteiger partial charge in [-0.1, -0.05) is 84.2 Å². The van der Waals surface area contributed by atoms with Crippen molar-refractivity contribution in [2.24, 2.45) is 5.41 Å². The molecule has 0 saturated carbocycles. The maximum atomic E-state index is 13.3. The van der Waals surface area contributed by atoms with E-state index in [1.54, 1.807) is 32.9 Å². The first-order valence-corrected chi connectivity index (χ1v) is 13.2. The first-order chi connectivity index (χ1) is 17.0. The van der Waals surface area contributed by atoms with Crippen LogP contribution in [0.5, 0.6) is 5.75 Å². The molecular formula is C27H39ClN2O6. The summed E-state index contributed by atoms with van der Waals surface area (Å²) in [5.41, 5.74) is -0.745. The lowest BCUT2D eigenvalue weighted by Gasteiger charge is -2.28. The number of rotatable bonds is 14. The molecule has 1 aliphatic rings. The van der Waals surface area contributed by atoms with Crippen LogP contribution in [0.2, 0.25) is 5.02 Å². The van der Waals surface area contributed by atoms with Crippen molar-refractivity contribution in [3.63, 3.8) is 0 Å². The zero-order chi connectivity index (χ0) is 26.9. The maximum absolute atomic E-state index is 13.3. The molecule has 1 N–H and O–H groups in total. The average Bonchev–Trinajstić information content (AvgIpc) is 3.05. The number of cyclic esters (lactones) is 1. The van der Waals surface area contributed by atoms with Crippen molar-refractivity contribution in [2.75, 3.05) is 11.9 Å². The molecule has 0 aromatic heterocycles. The highest BCUT2D eigenvalue weighted by Crippen LogP contribution is 2.30. The van der Waals surface area contributed by atoms with Crippen LogP contribution in [0.4, 0.5) is 10.5 Å². The number of carbonyl (C=O) groups excluding carboxylic acids is 4. The Kier molecular flexibility index (Phi) is 11.2. The summed E-state index contributed by atoms with van der Waals surface area (Å²) in [7, 11) is 0. The fourth-order valence-corrected chi connectivity index (χ4v) is 4.06. The van der Waals surface area contributed by atoms with Gasteiger partial charge < -0.3 is 14.8 Å². The molecule has 0 aliphatic carbocycles. The predicted molar refractivity (Wildman–Crippen MR) is 139 cm³/mol. The van der Waals surface area contributed by atoms with Gasteiger partial charge in [-0.15, -0.1) is 0 Å². The third-order valence-corrected chi connectivity index (χ3v) is 6.24. The lowest BCUT2D eigenvalue weighted by atomic mass is 9.85. The van der Waals surface area contributed by atoms with Crippen LogP contribution in [-0.2, 0) is 19.1 Å². The number of hydrogen-bond donors (Lipinski definition) is 1. The van der Waals surface area contributed by atoms with Gasteiger partial charge in [0.2, 0.25) is 0 Å². The van der Waals surface area contributed by atoms with Gasteiger partial charge in [-0.2, -0.15) is 0 Å². The lowest BCUT2D eigenvalue weighted by molar-refractivity contribution is -0.143. The number of hydrogen-bond acceptors (Lipinski definition) is 6. The fourth-order valence-electron chi connectivity index (χ4n) is 3.89. The molecule has 1 aliphatic heterocycles. The number of nitrogens with one attached hydrogen (secondary N) is 1. The number of nitrogens with zero attached hydrogens (tertiary/aromatic N) is 1. The molecule has 1 aromatic carbocycles. The van der Waals surface area contributed by atoms with Gasteiger partial charge in [0.05, 0.1) is 12.3 Å². The Bertz CT molecular complexity index is 943. The molecule has 0 bridgehead atoms. The van der Waals surface area contributed by atoms with E-state index in [-0.39, 0.29) is 5.69 Å². The zero-order valence-corrected chi connectivity index (χ0v) is 22.8. The minimum Gasteiger partial charge on any atom is -0.491 e. The second kappa shape index (κ2) is 13.6. The Morgan fingerprint density at radius 1 is 1.08 bits per heavy atom. The SMILES string of the molecule is CCCCCCCCCCOc1ccc(Cl)cc1NC(=O)C(C(=O)C(C)(C)C)N1C(=O)OC(C)C1=O. The topological polar surface area (TPSA) is 102 Å². The van der Waals surface area contributed by atoms with E-state index < -0.39 is 41.3 Å². The zero-order valence-electron chi connectivity index (χ0n) is 22.0. The smallest absolute Gasteiger partial charge is 0.418 e. The molecule has 0 spiro atoms. The molecule has 1 saturated heterocycles. The number of imide groups is 1. The van der Waals surface area contributed by atoms with Gasteiger partial charge in [-0.25, -0.2) is 9.69 Å². The van der Waals surface area contributed by atoms with Crippen LogP contribution in [0.15, 0.2) is 18.2 Å². The highest BCUT2D eigenvalue weighted by atomic mass is 35.5. The Labute approximate surface area is 219 Å². The summed E-state index contributed by atoms with van der Waals surface area (Å²) in [5.74, 6) is -1.78. The van der Waals surface area contributed by atoms with Crippen molar-refractivity contribution in [1.82, 2.24) is 4.90 Å². The summed E-state index contributed by atoms with van der Waals surface area (Å²) in [6.07, 6.45) is 7.20. The van der Waals surface area contributed by atoms with E-state index in [0.29, 0.717) is 22.3 Å². The molecule has 1 fully saturated rings. The maximum Gasteiger partial charge on any atom is 0.418 e. The predicted octanol–water partition coefficient (Wildman–Crippen LogP) is 6.15. The van der Waals surface area contributed by atoms with Crippen molar-refractivity contribution in [2.45, 2.75) is 98.1 Å². The normalized spacial score (nSPS) is 16.6. The summed E-state index contributed by atoms with van der Waals surface area (Å²) < 4.78 is 10.8. The number of halogens is 1. The number of unbranched alkanes of at least 4 members (excludes halogenated alkanes) is 7. The molecule has 2 rings (SSSR count). The van der Waals surface area contributed by atoms with Crippen molar-refractivity contribution in [1.29, 1.82) is 0 Å². The number of benzene rings is 1. The monoisotopic (exact) mass is 522 g/mol. The van der Waals surface area contributed by atoms with E-state index >= 15 is 0 Å². The van der Waals surface area contributed by atoms with Crippen LogP contribution in [0.25, 0.3) is 0 Å². The third kappa shape index (κ3) is 8.22. The van der Waals surface area contributed by atoms with E-state index in [1.807, 2.05) is 0 Å². The molecule has 3 amide bonds. The number of Topliss-reactive ketones (excluding diaryl/α,β-unsaturated/α-hetero) is 1. The fraction of sp³-hybridized carbons (Fsp3) is 0.630. The van der Waals surface area contributed by atoms with Gasteiger partial charge in [0, 0.05) is 10.4 Å². The minimum absolute atomic E-state index is 0.256. The number of ether oxygens (including phenoxy) is 2. The highest BCUT2D eigenvalue weighted by molar-refractivity contribution is 6.31. The second-order valence-electron chi connectivity index (χ2n) is 10.2. The van der Waals surface area contributed by atoms with Crippen LogP contribution in [0.3, 0.4) is 0 Å². The van der Waals surface area contributed by atoms with Crippen LogP contribution in [0, 0.1) is 5.41 Å². The summed E-state index contributed by atoms with van der Waals surface area (Å²) in [6, 6.07) is 3.10. The van der Waals surface area contributed by atoms with E-state index in [1.165, 1.54) is 45.1 Å². The molecule has 36 heavy (non-hydrogen) atoms. The molecule has 200 valence electrons. The molecule has 1 heterocycles. The second-order valence-corrected chi connectivity index (χ2v) is 10.6. The lowest BCUT2D eigenvalue weighted by Crippen LogP contribution is -2.55. The van der Waals surface area contributed by atoms with Gasteiger partial charge in [-0.3, -0.25) is 14.4 Å². The molecule has 2 unspecified atom stereocenters. The molecule has 9 heteroatoms. The Hall–Kier alpha value is -2.61. The molecular weight excluding hydrogens is 484 g/mol. The Morgan fingerprint density at radius 2 is 1.69 bits per heavy atom. The Morgan fingerprint density at radius 3 is 2.25 bits per heavy atom. The highest BCUT2D eigenvalue weighted by Gasteiger charge is 2.50. The Balaban J connectivity index is 2.09. The molecule has 0 radical (unpaired) electrons. The summed E-state index contributed by atoms with van der Waals surface area (Å²) in [4.78, 5) is 52.0. The van der Waals surface area contributed by atoms with E-state index in [4.69, 9.17) is 21.1 Å². The summed E-state index contributed by atoms with van der Waals surface area (Å²) in [6.45, 7) is 8.89. The number of amides is 3. The van der Waals surface area contributed by atoms with E-state index in [0.717, 1.165) is 19.3 Å². The number of carbonyl (C=O) groups is 4. The third-order valence-electron chi connectivity index (χ3n) is 6.01. The summed E-state index contributed by atoms with van der Waals surface area (Å²) in [5, 5.41) is 3.00. The van der Waals surface area contributed by atoms with Crippen molar-refractivity contribution in [3.8, 4) is 5.75 Å². The van der Waals surface area contributed by atoms with Crippen molar-refractivity contribution < 1.29 is 28.7 Å². The molecule has 2 atom stereocenters.